The van der Waals surface area contributed by atoms with Crippen LogP contribution in [0.2, 0.25) is 0 Å². The van der Waals surface area contributed by atoms with Crippen molar-refractivity contribution in [2.24, 2.45) is 0 Å². The molecular formula is C42H47N2+. The molecule has 1 N–H and O–H groups in total. The van der Waals surface area contributed by atoms with E-state index in [1.807, 2.05) is 12.2 Å². The molecule has 0 unspecified atom stereocenters. The van der Waals surface area contributed by atoms with Crippen LogP contribution in [0.1, 0.15) is 48.9 Å². The summed E-state index contributed by atoms with van der Waals surface area (Å²) in [5.41, 5.74) is 10.3. The lowest BCUT2D eigenvalue weighted by Crippen LogP contribution is -3.06. The highest BCUT2D eigenvalue weighted by atomic mass is 15.2. The molecule has 4 aromatic carbocycles. The SMILES string of the molecule is C=CCc1ccc(N(c2ccc(CC=C)cc2)C2C=CC([NH+](c3ccc(CCC)cc3)c3ccc(CCC)cc3)C=C2)cc1. The molecule has 1 aliphatic rings. The summed E-state index contributed by atoms with van der Waals surface area (Å²) in [7, 11) is 0. The van der Waals surface area contributed by atoms with Gasteiger partial charge >= 0.3 is 0 Å². The van der Waals surface area contributed by atoms with E-state index in [-0.39, 0.29) is 12.1 Å². The zero-order chi connectivity index (χ0) is 30.7. The number of hydrogen-bond donors (Lipinski definition) is 1. The second-order valence-electron chi connectivity index (χ2n) is 11.8. The van der Waals surface area contributed by atoms with Gasteiger partial charge in [0, 0.05) is 11.4 Å². The maximum atomic E-state index is 3.91. The molecule has 0 spiro atoms. The summed E-state index contributed by atoms with van der Waals surface area (Å²) < 4.78 is 0. The van der Waals surface area contributed by atoms with Gasteiger partial charge in [-0.05, 0) is 109 Å². The zero-order valence-electron chi connectivity index (χ0n) is 26.5. The predicted molar refractivity (Wildman–Crippen MR) is 190 cm³/mol. The zero-order valence-corrected chi connectivity index (χ0v) is 26.5. The van der Waals surface area contributed by atoms with Crippen LogP contribution in [0.3, 0.4) is 0 Å². The van der Waals surface area contributed by atoms with E-state index in [1.54, 1.807) is 0 Å². The standard InChI is InChI=1S/C42H46N2/c1-5-9-33-13-21-37(22-14-33)43(38-23-15-34(10-6-2)16-24-38)41-29-31-42(32-30-41)44(39-25-17-35(11-7-3)18-26-39)40-27-19-36(12-8-4)20-28-40/h5-6,13-32,41-42H,1-2,7-12H2,3-4H3/p+1. The van der Waals surface area contributed by atoms with Crippen molar-refractivity contribution in [3.8, 4) is 0 Å². The number of hydrogen-bond acceptors (Lipinski definition) is 1. The van der Waals surface area contributed by atoms with Crippen LogP contribution in [-0.4, -0.2) is 12.1 Å². The van der Waals surface area contributed by atoms with Crippen molar-refractivity contribution >= 4 is 22.7 Å². The van der Waals surface area contributed by atoms with Crippen molar-refractivity contribution < 1.29 is 4.90 Å². The average molecular weight is 580 g/mol. The van der Waals surface area contributed by atoms with E-state index in [0.717, 1.165) is 38.5 Å². The molecule has 0 fully saturated rings. The minimum absolute atomic E-state index is 0.0990. The number of rotatable bonds is 14. The van der Waals surface area contributed by atoms with Crippen molar-refractivity contribution in [2.45, 2.75) is 64.5 Å². The molecule has 0 aromatic heterocycles. The fourth-order valence-corrected chi connectivity index (χ4v) is 6.20. The molecule has 0 aliphatic heterocycles. The highest BCUT2D eigenvalue weighted by molar-refractivity contribution is 5.67. The van der Waals surface area contributed by atoms with Crippen molar-refractivity contribution in [3.05, 3.63) is 169 Å². The van der Waals surface area contributed by atoms with Gasteiger partial charge in [-0.3, -0.25) is 4.90 Å². The monoisotopic (exact) mass is 579 g/mol. The molecular weight excluding hydrogens is 532 g/mol. The van der Waals surface area contributed by atoms with E-state index in [4.69, 9.17) is 0 Å². The maximum absolute atomic E-state index is 3.91. The number of aryl methyl sites for hydroxylation is 2. The van der Waals surface area contributed by atoms with Gasteiger partial charge in [0.2, 0.25) is 0 Å². The van der Waals surface area contributed by atoms with Gasteiger partial charge in [-0.15, -0.1) is 13.2 Å². The molecule has 0 amide bonds. The summed E-state index contributed by atoms with van der Waals surface area (Å²) in [6, 6.07) is 36.5. The highest BCUT2D eigenvalue weighted by Crippen LogP contribution is 2.31. The summed E-state index contributed by atoms with van der Waals surface area (Å²) in [5, 5.41) is 0. The Balaban J connectivity index is 1.47. The molecule has 44 heavy (non-hydrogen) atoms. The Kier molecular flexibility index (Phi) is 10.8. The molecule has 1 aliphatic carbocycles. The van der Waals surface area contributed by atoms with Gasteiger partial charge in [0.15, 0.2) is 0 Å². The Bertz CT molecular complexity index is 1420. The number of nitrogens with one attached hydrogen (secondary N) is 1. The largest absolute Gasteiger partial charge is 0.331 e. The molecule has 0 saturated carbocycles. The maximum Gasteiger partial charge on any atom is 0.136 e. The molecule has 0 atom stereocenters. The second-order valence-corrected chi connectivity index (χ2v) is 11.8. The number of benzene rings is 4. The molecule has 2 nitrogen and oxygen atoms in total. The smallest absolute Gasteiger partial charge is 0.136 e. The average Bonchev–Trinajstić information content (AvgIpc) is 3.06. The van der Waals surface area contributed by atoms with Crippen molar-refractivity contribution in [2.75, 3.05) is 4.90 Å². The first-order valence-corrected chi connectivity index (χ1v) is 16.2. The summed E-state index contributed by atoms with van der Waals surface area (Å²) >= 11 is 0. The van der Waals surface area contributed by atoms with Gasteiger partial charge in [0.05, 0.1) is 6.04 Å². The third kappa shape index (κ3) is 7.56. The molecule has 0 bridgehead atoms. The van der Waals surface area contributed by atoms with E-state index in [1.165, 1.54) is 49.9 Å². The summed E-state index contributed by atoms with van der Waals surface area (Å²) in [5.74, 6) is 0. The van der Waals surface area contributed by atoms with Crippen LogP contribution in [0.5, 0.6) is 0 Å². The second kappa shape index (κ2) is 15.4. The molecule has 5 rings (SSSR count). The summed E-state index contributed by atoms with van der Waals surface area (Å²) in [4.78, 5) is 3.79. The minimum atomic E-state index is 0.0990. The normalized spacial score (nSPS) is 15.8. The topological polar surface area (TPSA) is 7.68 Å². The van der Waals surface area contributed by atoms with E-state index in [0.29, 0.717) is 0 Å². The molecule has 4 aromatic rings. The van der Waals surface area contributed by atoms with Gasteiger partial charge < -0.3 is 4.90 Å². The quantitative estimate of drug-likeness (QED) is 0.146. The van der Waals surface area contributed by atoms with Crippen molar-refractivity contribution in [1.82, 2.24) is 0 Å². The molecule has 2 heteroatoms. The number of quaternary nitrogens is 1. The highest BCUT2D eigenvalue weighted by Gasteiger charge is 2.27. The lowest BCUT2D eigenvalue weighted by Gasteiger charge is -2.34. The third-order valence-electron chi connectivity index (χ3n) is 8.46. The number of allylic oxidation sites excluding steroid dienone is 2. The van der Waals surface area contributed by atoms with Crippen LogP contribution in [0.4, 0.5) is 22.7 Å². The van der Waals surface area contributed by atoms with Gasteiger partial charge in [-0.1, -0.05) is 99.5 Å². The van der Waals surface area contributed by atoms with Crippen molar-refractivity contribution in [3.63, 3.8) is 0 Å². The van der Waals surface area contributed by atoms with E-state index < -0.39 is 0 Å². The molecule has 0 saturated heterocycles. The van der Waals surface area contributed by atoms with E-state index >= 15 is 0 Å². The van der Waals surface area contributed by atoms with Crippen molar-refractivity contribution in [1.29, 1.82) is 0 Å². The summed E-state index contributed by atoms with van der Waals surface area (Å²) in [6.07, 6.45) is 19.8. The fourth-order valence-electron chi connectivity index (χ4n) is 6.20. The first-order chi connectivity index (χ1) is 21.6. The van der Waals surface area contributed by atoms with Gasteiger partial charge in [0.25, 0.3) is 0 Å². The van der Waals surface area contributed by atoms with E-state index in [9.17, 15) is 0 Å². The summed E-state index contributed by atoms with van der Waals surface area (Å²) in [6.45, 7) is 12.3. The van der Waals surface area contributed by atoms with Crippen LogP contribution >= 0.6 is 0 Å². The minimum Gasteiger partial charge on any atom is -0.331 e. The third-order valence-corrected chi connectivity index (χ3v) is 8.46. The molecule has 224 valence electrons. The fraction of sp³-hybridized carbons (Fsp3) is 0.238. The predicted octanol–water partition coefficient (Wildman–Crippen LogP) is 9.60. The van der Waals surface area contributed by atoms with Crippen LogP contribution in [-0.2, 0) is 25.7 Å². The first-order valence-electron chi connectivity index (χ1n) is 16.2. The van der Waals surface area contributed by atoms with Crippen LogP contribution in [0, 0.1) is 0 Å². The molecule has 0 heterocycles. The van der Waals surface area contributed by atoms with Crippen LogP contribution in [0.15, 0.2) is 147 Å². The lowest BCUT2D eigenvalue weighted by atomic mass is 10.00. The van der Waals surface area contributed by atoms with Gasteiger partial charge in [-0.2, -0.15) is 0 Å². The molecule has 0 radical (unpaired) electrons. The Morgan fingerprint density at radius 2 is 0.932 bits per heavy atom. The van der Waals surface area contributed by atoms with E-state index in [2.05, 4.69) is 153 Å². The number of nitrogens with zero attached hydrogens (tertiary/aromatic N) is 1. The Hall–Kier alpha value is -4.40. The number of anilines is 2. The van der Waals surface area contributed by atoms with Gasteiger partial charge in [0.1, 0.15) is 17.4 Å². The van der Waals surface area contributed by atoms with Crippen LogP contribution < -0.4 is 9.80 Å². The Labute approximate surface area is 265 Å². The van der Waals surface area contributed by atoms with Gasteiger partial charge in [-0.25, -0.2) is 0 Å². The first kappa shape index (κ1) is 31.0. The Morgan fingerprint density at radius 1 is 0.545 bits per heavy atom. The Morgan fingerprint density at radius 3 is 1.30 bits per heavy atom. The lowest BCUT2D eigenvalue weighted by molar-refractivity contribution is -0.774. The van der Waals surface area contributed by atoms with Crippen LogP contribution in [0.25, 0.3) is 0 Å².